The molecule has 6 heteroatoms. The highest BCUT2D eigenvalue weighted by Gasteiger charge is 2.27. The van der Waals surface area contributed by atoms with Crippen LogP contribution >= 0.6 is 0 Å². The van der Waals surface area contributed by atoms with Crippen LogP contribution in [-0.4, -0.2) is 66.9 Å². The molecule has 1 aromatic carbocycles. The van der Waals surface area contributed by atoms with E-state index in [1.807, 2.05) is 17.0 Å². The van der Waals surface area contributed by atoms with E-state index in [9.17, 15) is 9.59 Å². The summed E-state index contributed by atoms with van der Waals surface area (Å²) in [4.78, 5) is 29.7. The van der Waals surface area contributed by atoms with Gasteiger partial charge < -0.3 is 20.4 Å². The Bertz CT molecular complexity index is 596. The largest absolute Gasteiger partial charge is 0.360 e. The number of nitrogens with two attached hydrogens (primary N) is 1. The third-order valence-electron chi connectivity index (χ3n) is 4.67. The van der Waals surface area contributed by atoms with E-state index in [0.717, 1.165) is 12.1 Å². The molecule has 2 amide bonds. The molecule has 1 saturated heterocycles. The number of piperazine rings is 1. The van der Waals surface area contributed by atoms with Crippen molar-refractivity contribution in [2.24, 2.45) is 5.73 Å². The zero-order valence-corrected chi connectivity index (χ0v) is 13.6. The number of carbonyl (C=O) groups excluding carboxylic acids is 2. The summed E-state index contributed by atoms with van der Waals surface area (Å²) in [5.41, 5.74) is 8.46. The van der Waals surface area contributed by atoms with Gasteiger partial charge in [-0.25, -0.2) is 0 Å². The van der Waals surface area contributed by atoms with E-state index in [2.05, 4.69) is 17.0 Å². The lowest BCUT2D eigenvalue weighted by Crippen LogP contribution is -2.53. The van der Waals surface area contributed by atoms with Gasteiger partial charge in [-0.1, -0.05) is 18.2 Å². The molecule has 2 heterocycles. The number of benzene rings is 1. The van der Waals surface area contributed by atoms with Crippen LogP contribution in [0.25, 0.3) is 0 Å². The second-order valence-electron chi connectivity index (χ2n) is 6.36. The molecule has 1 fully saturated rings. The summed E-state index contributed by atoms with van der Waals surface area (Å²) < 4.78 is 0. The Hall–Kier alpha value is -2.08. The van der Waals surface area contributed by atoms with Gasteiger partial charge in [0.2, 0.25) is 11.8 Å². The fourth-order valence-electron chi connectivity index (χ4n) is 3.40. The number of hydrogen-bond acceptors (Lipinski definition) is 4. The van der Waals surface area contributed by atoms with E-state index >= 15 is 0 Å². The first-order valence-electron chi connectivity index (χ1n) is 8.16. The summed E-state index contributed by atoms with van der Waals surface area (Å²) in [5, 5.41) is 0. The minimum absolute atomic E-state index is 0.0623. The van der Waals surface area contributed by atoms with E-state index in [0.29, 0.717) is 39.3 Å². The third kappa shape index (κ3) is 3.47. The summed E-state index contributed by atoms with van der Waals surface area (Å²) >= 11 is 0. The summed E-state index contributed by atoms with van der Waals surface area (Å²) in [5.74, 6) is 0.185. The van der Waals surface area contributed by atoms with Crippen LogP contribution < -0.4 is 10.6 Å². The molecular weight excluding hydrogens is 292 g/mol. The molecule has 0 saturated carbocycles. The van der Waals surface area contributed by atoms with Crippen molar-refractivity contribution in [3.63, 3.8) is 0 Å². The van der Waals surface area contributed by atoms with Crippen molar-refractivity contribution in [2.45, 2.75) is 19.4 Å². The Morgan fingerprint density at radius 2 is 1.78 bits per heavy atom. The van der Waals surface area contributed by atoms with Gasteiger partial charge >= 0.3 is 0 Å². The van der Waals surface area contributed by atoms with Crippen LogP contribution in [0.2, 0.25) is 0 Å². The van der Waals surface area contributed by atoms with E-state index in [1.54, 1.807) is 11.8 Å². The molecule has 6 nitrogen and oxygen atoms in total. The van der Waals surface area contributed by atoms with Gasteiger partial charge in [0.05, 0.1) is 6.54 Å². The van der Waals surface area contributed by atoms with Gasteiger partial charge in [-0.2, -0.15) is 0 Å². The molecule has 1 unspecified atom stereocenters. The van der Waals surface area contributed by atoms with Crippen LogP contribution in [0.1, 0.15) is 12.5 Å². The van der Waals surface area contributed by atoms with Crippen LogP contribution in [-0.2, 0) is 16.0 Å². The number of anilines is 1. The van der Waals surface area contributed by atoms with Gasteiger partial charge in [-0.05, 0) is 18.1 Å². The van der Waals surface area contributed by atoms with Crippen LogP contribution in [0, 0.1) is 0 Å². The maximum absolute atomic E-state index is 12.6. The molecule has 124 valence electrons. The number of para-hydroxylation sites is 1. The molecule has 2 aliphatic heterocycles. The Kier molecular flexibility index (Phi) is 4.52. The first-order chi connectivity index (χ1) is 11.0. The zero-order valence-electron chi connectivity index (χ0n) is 13.6. The lowest BCUT2D eigenvalue weighted by atomic mass is 9.98. The second-order valence-corrected chi connectivity index (χ2v) is 6.36. The van der Waals surface area contributed by atoms with Gasteiger partial charge in [0, 0.05) is 51.4 Å². The average molecular weight is 316 g/mol. The molecule has 1 atom stereocenters. The van der Waals surface area contributed by atoms with Gasteiger partial charge in [-0.3, -0.25) is 9.59 Å². The molecule has 0 spiro atoms. The monoisotopic (exact) mass is 316 g/mol. The molecule has 23 heavy (non-hydrogen) atoms. The van der Waals surface area contributed by atoms with E-state index in [1.165, 1.54) is 5.56 Å². The van der Waals surface area contributed by atoms with E-state index < -0.39 is 0 Å². The highest BCUT2D eigenvalue weighted by Crippen LogP contribution is 2.26. The molecule has 0 bridgehead atoms. The minimum atomic E-state index is 0.0623. The number of nitrogens with zero attached hydrogens (tertiary/aromatic N) is 3. The van der Waals surface area contributed by atoms with Crippen molar-refractivity contribution < 1.29 is 9.59 Å². The SMILES string of the molecule is CC(=O)N1CCN(C(=O)CN2CC(N)Cc3ccccc32)CC1. The molecule has 0 aliphatic carbocycles. The lowest BCUT2D eigenvalue weighted by Gasteiger charge is -2.38. The fraction of sp³-hybridized carbons (Fsp3) is 0.529. The molecule has 0 aromatic heterocycles. The van der Waals surface area contributed by atoms with Gasteiger partial charge in [0.25, 0.3) is 0 Å². The first-order valence-corrected chi connectivity index (χ1v) is 8.16. The normalized spacial score (nSPS) is 21.1. The zero-order chi connectivity index (χ0) is 16.4. The maximum Gasteiger partial charge on any atom is 0.242 e. The number of amides is 2. The predicted molar refractivity (Wildman–Crippen MR) is 89.2 cm³/mol. The predicted octanol–water partition coefficient (Wildman–Crippen LogP) is 0.0671. The Morgan fingerprint density at radius 3 is 2.48 bits per heavy atom. The minimum Gasteiger partial charge on any atom is -0.360 e. The molecule has 3 rings (SSSR count). The fourth-order valence-corrected chi connectivity index (χ4v) is 3.40. The molecule has 1 aromatic rings. The summed E-state index contributed by atoms with van der Waals surface area (Å²) in [7, 11) is 0. The van der Waals surface area contributed by atoms with Crippen molar-refractivity contribution in [3.05, 3.63) is 29.8 Å². The lowest BCUT2D eigenvalue weighted by molar-refractivity contribution is -0.137. The second kappa shape index (κ2) is 6.58. The molecule has 2 N–H and O–H groups in total. The summed E-state index contributed by atoms with van der Waals surface area (Å²) in [6.07, 6.45) is 0.859. The summed E-state index contributed by atoms with van der Waals surface area (Å²) in [6, 6.07) is 8.21. The highest BCUT2D eigenvalue weighted by molar-refractivity contribution is 5.82. The van der Waals surface area contributed by atoms with Crippen molar-refractivity contribution in [2.75, 3.05) is 44.2 Å². The van der Waals surface area contributed by atoms with E-state index in [4.69, 9.17) is 5.73 Å². The van der Waals surface area contributed by atoms with E-state index in [-0.39, 0.29) is 17.9 Å². The highest BCUT2D eigenvalue weighted by atomic mass is 16.2. The number of carbonyl (C=O) groups is 2. The van der Waals surface area contributed by atoms with Crippen molar-refractivity contribution >= 4 is 17.5 Å². The van der Waals surface area contributed by atoms with Gasteiger partial charge in [0.1, 0.15) is 0 Å². The topological polar surface area (TPSA) is 69.9 Å². The van der Waals surface area contributed by atoms with Crippen LogP contribution in [0.3, 0.4) is 0 Å². The Labute approximate surface area is 136 Å². The number of fused-ring (bicyclic) bond motifs is 1. The molecular formula is C17H24N4O2. The molecule has 0 radical (unpaired) electrons. The molecule has 2 aliphatic rings. The van der Waals surface area contributed by atoms with Crippen LogP contribution in [0.5, 0.6) is 0 Å². The van der Waals surface area contributed by atoms with Crippen molar-refractivity contribution in [3.8, 4) is 0 Å². The first kappa shape index (κ1) is 15.8. The van der Waals surface area contributed by atoms with Crippen LogP contribution in [0.4, 0.5) is 5.69 Å². The van der Waals surface area contributed by atoms with Crippen molar-refractivity contribution in [1.82, 2.24) is 9.80 Å². The smallest absolute Gasteiger partial charge is 0.242 e. The Morgan fingerprint density at radius 1 is 1.13 bits per heavy atom. The average Bonchev–Trinajstić information content (AvgIpc) is 2.54. The maximum atomic E-state index is 12.6. The Balaban J connectivity index is 1.64. The van der Waals surface area contributed by atoms with Gasteiger partial charge in [-0.15, -0.1) is 0 Å². The third-order valence-corrected chi connectivity index (χ3v) is 4.67. The standard InChI is InChI=1S/C17H24N4O2/c1-13(22)19-6-8-20(9-7-19)17(23)12-21-11-15(18)10-14-4-2-3-5-16(14)21/h2-5,15H,6-12,18H2,1H3. The summed E-state index contributed by atoms with van der Waals surface area (Å²) in [6.45, 7) is 5.10. The van der Waals surface area contributed by atoms with Crippen LogP contribution in [0.15, 0.2) is 24.3 Å². The number of hydrogen-bond donors (Lipinski definition) is 1. The van der Waals surface area contributed by atoms with Crippen molar-refractivity contribution in [1.29, 1.82) is 0 Å². The van der Waals surface area contributed by atoms with Gasteiger partial charge in [0.15, 0.2) is 0 Å². The number of rotatable bonds is 2. The quantitative estimate of drug-likeness (QED) is 0.838.